The molecule has 2 aliphatic heterocycles. The lowest BCUT2D eigenvalue weighted by atomic mass is 9.97. The molecule has 2 N–H and O–H groups in total. The van der Waals surface area contributed by atoms with Gasteiger partial charge in [-0.2, -0.15) is 0 Å². The summed E-state index contributed by atoms with van der Waals surface area (Å²) >= 11 is 1.54. The predicted octanol–water partition coefficient (Wildman–Crippen LogP) is 3.28. The van der Waals surface area contributed by atoms with Gasteiger partial charge in [0.25, 0.3) is 0 Å². The van der Waals surface area contributed by atoms with Gasteiger partial charge >= 0.3 is 6.03 Å². The Morgan fingerprint density at radius 3 is 2.50 bits per heavy atom. The monoisotopic (exact) mass is 637 g/mol. The minimum Gasteiger partial charge on any atom is -0.355 e. The second-order valence-corrected chi connectivity index (χ2v) is 12.2. The molecule has 4 aromatic rings. The molecule has 1 aromatic heterocycles. The number of fused-ring (bicyclic) bond motifs is 2. The van der Waals surface area contributed by atoms with Gasteiger partial charge in [-0.05, 0) is 28.3 Å². The number of piperazine rings is 1. The maximum atomic E-state index is 14.3. The first-order valence-electron chi connectivity index (χ1n) is 15.1. The van der Waals surface area contributed by atoms with E-state index in [4.69, 9.17) is 0 Å². The molecule has 46 heavy (non-hydrogen) atoms. The number of aromatic nitrogens is 1. The smallest absolute Gasteiger partial charge is 0.334 e. The maximum Gasteiger partial charge on any atom is 0.334 e. The number of nitrogens with zero attached hydrogens (tertiary/aromatic N) is 5. The highest BCUT2D eigenvalue weighted by molar-refractivity contribution is 7.16. The largest absolute Gasteiger partial charge is 0.355 e. The number of thiazole rings is 1. The van der Waals surface area contributed by atoms with Crippen LogP contribution in [-0.2, 0) is 40.4 Å². The van der Waals surface area contributed by atoms with E-state index in [-0.39, 0.29) is 50.4 Å². The normalized spacial score (nSPS) is 18.4. The second-order valence-electron chi connectivity index (χ2n) is 11.3. The third kappa shape index (κ3) is 6.49. The molecule has 0 saturated carbocycles. The molecule has 0 radical (unpaired) electrons. The fraction of sp³-hybridized carbons (Fsp3) is 0.265. The van der Waals surface area contributed by atoms with Crippen LogP contribution in [0.4, 0.5) is 4.79 Å². The highest BCUT2D eigenvalue weighted by atomic mass is 32.1. The van der Waals surface area contributed by atoms with Crippen molar-refractivity contribution in [2.45, 2.75) is 38.3 Å². The summed E-state index contributed by atoms with van der Waals surface area (Å²) < 4.78 is 1.02. The van der Waals surface area contributed by atoms with Crippen LogP contribution in [0.2, 0.25) is 0 Å². The Hall–Kier alpha value is -5.07. The Morgan fingerprint density at radius 2 is 1.74 bits per heavy atom. The van der Waals surface area contributed by atoms with Crippen LogP contribution in [0.15, 0.2) is 91.0 Å². The Morgan fingerprint density at radius 1 is 0.978 bits per heavy atom. The lowest BCUT2D eigenvalue weighted by Crippen LogP contribution is -2.76. The van der Waals surface area contributed by atoms with E-state index in [9.17, 15) is 19.2 Å². The summed E-state index contributed by atoms with van der Waals surface area (Å²) in [5.74, 6) is -0.421. The van der Waals surface area contributed by atoms with Crippen molar-refractivity contribution >= 4 is 45.8 Å². The average Bonchev–Trinajstić information content (AvgIpc) is 3.56. The lowest BCUT2D eigenvalue weighted by Gasteiger charge is -2.55. The zero-order chi connectivity index (χ0) is 32.0. The molecule has 2 aliphatic rings. The summed E-state index contributed by atoms with van der Waals surface area (Å²) in [7, 11) is 0. The van der Waals surface area contributed by atoms with E-state index in [2.05, 4.69) is 22.2 Å². The van der Waals surface area contributed by atoms with Crippen LogP contribution >= 0.6 is 11.3 Å². The first-order chi connectivity index (χ1) is 22.5. The number of hydrogen-bond donors (Lipinski definition) is 2. The highest BCUT2D eigenvalue weighted by Crippen LogP contribution is 2.31. The van der Waals surface area contributed by atoms with Crippen molar-refractivity contribution in [2.75, 3.05) is 19.6 Å². The summed E-state index contributed by atoms with van der Waals surface area (Å²) in [6.07, 6.45) is 1.83. The average molecular weight is 638 g/mol. The fourth-order valence-corrected chi connectivity index (χ4v) is 6.88. The van der Waals surface area contributed by atoms with E-state index in [1.54, 1.807) is 31.4 Å². The van der Waals surface area contributed by atoms with Gasteiger partial charge in [-0.25, -0.2) is 19.8 Å². The molecule has 2 saturated heterocycles. The highest BCUT2D eigenvalue weighted by Gasteiger charge is 2.51. The first kappa shape index (κ1) is 30.9. The van der Waals surface area contributed by atoms with Gasteiger partial charge < -0.3 is 20.4 Å². The predicted molar refractivity (Wildman–Crippen MR) is 175 cm³/mol. The molecule has 3 heterocycles. The number of urea groups is 1. The van der Waals surface area contributed by atoms with Crippen LogP contribution in [-0.4, -0.2) is 80.9 Å². The zero-order valence-corrected chi connectivity index (χ0v) is 26.1. The molecule has 2 fully saturated rings. The molecule has 0 bridgehead atoms. The van der Waals surface area contributed by atoms with Crippen molar-refractivity contribution in [1.82, 2.24) is 35.4 Å². The van der Waals surface area contributed by atoms with E-state index in [0.717, 1.165) is 32.5 Å². The maximum absolute atomic E-state index is 14.3. The third-order valence-electron chi connectivity index (χ3n) is 8.31. The molecule has 0 aliphatic carbocycles. The third-order valence-corrected chi connectivity index (χ3v) is 9.11. The lowest BCUT2D eigenvalue weighted by molar-refractivity contribution is -0.189. The van der Waals surface area contributed by atoms with Gasteiger partial charge in [-0.15, -0.1) is 17.9 Å². The number of rotatable bonds is 11. The second kappa shape index (κ2) is 13.9. The summed E-state index contributed by atoms with van der Waals surface area (Å²) in [5, 5.41) is 8.94. The molecular weight excluding hydrogens is 602 g/mol. The number of amides is 5. The Kier molecular flexibility index (Phi) is 9.36. The summed E-state index contributed by atoms with van der Waals surface area (Å²) in [6, 6.07) is 21.9. The van der Waals surface area contributed by atoms with Gasteiger partial charge in [0.05, 0.1) is 28.8 Å². The molecule has 236 valence electrons. The standard InChI is InChI=1S/C34H35N7O4S/c1-2-15-39-21-31(43)40-28(16-24-11-13-26(14-12-24)17-35-22-42)33(44)38(19-27-9-6-10-29-32(27)37-23-46-29)20-30(40)41(39)34(45)36-18-25-7-4-3-5-8-25/h2-14,22-23,28,30H,1,15-21H2,(H,35,42)(H,36,45)/t28-,30-/m0/s1. The van der Waals surface area contributed by atoms with E-state index in [0.29, 0.717) is 19.5 Å². The number of para-hydroxylation sites is 1. The van der Waals surface area contributed by atoms with Gasteiger partial charge in [0.15, 0.2) is 0 Å². The van der Waals surface area contributed by atoms with Gasteiger partial charge in [-0.3, -0.25) is 14.4 Å². The van der Waals surface area contributed by atoms with E-state index < -0.39 is 12.2 Å². The quantitative estimate of drug-likeness (QED) is 0.193. The van der Waals surface area contributed by atoms with Crippen molar-refractivity contribution in [3.05, 3.63) is 113 Å². The summed E-state index contributed by atoms with van der Waals surface area (Å²) in [6.45, 7) is 5.18. The molecule has 5 amide bonds. The van der Waals surface area contributed by atoms with Gasteiger partial charge in [0.2, 0.25) is 18.2 Å². The van der Waals surface area contributed by atoms with Crippen molar-refractivity contribution < 1.29 is 19.2 Å². The number of carbonyl (C=O) groups is 4. The number of benzene rings is 3. The van der Waals surface area contributed by atoms with E-state index >= 15 is 0 Å². The molecule has 0 spiro atoms. The molecule has 11 nitrogen and oxygen atoms in total. The van der Waals surface area contributed by atoms with E-state index in [1.807, 2.05) is 72.8 Å². The Bertz CT molecular complexity index is 1730. The van der Waals surface area contributed by atoms with Gasteiger partial charge in [0.1, 0.15) is 12.2 Å². The molecule has 0 unspecified atom stereocenters. The number of hydrogen-bond acceptors (Lipinski definition) is 7. The topological polar surface area (TPSA) is 118 Å². The minimum atomic E-state index is -0.838. The number of hydrazine groups is 1. The Balaban J connectivity index is 1.34. The molecule has 6 rings (SSSR count). The SMILES string of the molecule is C=CCN1CC(=O)N2[C@@H](Cc3ccc(CNC=O)cc3)C(=O)N(Cc3cccc4scnc34)C[C@@H]2N1C(=O)NCc1ccccc1. The minimum absolute atomic E-state index is 0.0699. The molecular formula is C34H35N7O4S. The van der Waals surface area contributed by atoms with Crippen molar-refractivity contribution in [1.29, 1.82) is 0 Å². The van der Waals surface area contributed by atoms with Crippen molar-refractivity contribution in [3.8, 4) is 0 Å². The summed E-state index contributed by atoms with van der Waals surface area (Å²) in [4.78, 5) is 60.8. The van der Waals surface area contributed by atoms with Crippen LogP contribution in [0, 0.1) is 0 Å². The van der Waals surface area contributed by atoms with Crippen LogP contribution in [0.5, 0.6) is 0 Å². The van der Waals surface area contributed by atoms with Crippen molar-refractivity contribution in [2.24, 2.45) is 0 Å². The van der Waals surface area contributed by atoms with Crippen molar-refractivity contribution in [3.63, 3.8) is 0 Å². The molecule has 2 atom stereocenters. The fourth-order valence-electron chi connectivity index (χ4n) is 6.15. The van der Waals surface area contributed by atoms with E-state index in [1.165, 1.54) is 11.3 Å². The Labute approximate surface area is 271 Å². The van der Waals surface area contributed by atoms with Crippen LogP contribution < -0.4 is 10.6 Å². The molecule has 12 heteroatoms. The number of carbonyl (C=O) groups excluding carboxylic acids is 4. The zero-order valence-electron chi connectivity index (χ0n) is 25.2. The van der Waals surface area contributed by atoms with Crippen LogP contribution in [0.25, 0.3) is 10.2 Å². The molecule has 3 aromatic carbocycles. The van der Waals surface area contributed by atoms with Crippen LogP contribution in [0.1, 0.15) is 22.3 Å². The summed E-state index contributed by atoms with van der Waals surface area (Å²) in [5.41, 5.74) is 6.24. The van der Waals surface area contributed by atoms with Crippen LogP contribution in [0.3, 0.4) is 0 Å². The first-order valence-corrected chi connectivity index (χ1v) is 16.0. The van der Waals surface area contributed by atoms with Gasteiger partial charge in [0, 0.05) is 32.6 Å². The number of nitrogens with one attached hydrogen (secondary N) is 2. The van der Waals surface area contributed by atoms with Gasteiger partial charge in [-0.1, -0.05) is 72.8 Å².